The van der Waals surface area contributed by atoms with E-state index in [2.05, 4.69) is 4.99 Å². The van der Waals surface area contributed by atoms with Crippen molar-refractivity contribution in [3.63, 3.8) is 0 Å². The van der Waals surface area contributed by atoms with Crippen molar-refractivity contribution >= 4 is 41.0 Å². The van der Waals surface area contributed by atoms with Crippen molar-refractivity contribution in [3.8, 4) is 0 Å². The minimum absolute atomic E-state index is 0.130. The number of aliphatic imine (C=N–C) groups is 1. The van der Waals surface area contributed by atoms with E-state index in [-0.39, 0.29) is 22.2 Å². The van der Waals surface area contributed by atoms with Crippen LogP contribution in [0.2, 0.25) is 5.02 Å². The van der Waals surface area contributed by atoms with Gasteiger partial charge in [0, 0.05) is 6.21 Å². The fourth-order valence-electron chi connectivity index (χ4n) is 1.70. The molecule has 0 aromatic heterocycles. The number of Topliss-reactive ketones (excluding diaryl/α,β-unsaturated/α-hetero) is 2. The maximum absolute atomic E-state index is 11.9. The van der Waals surface area contributed by atoms with Gasteiger partial charge in [0.1, 0.15) is 17.5 Å². The Kier molecular flexibility index (Phi) is 6.92. The van der Waals surface area contributed by atoms with Gasteiger partial charge >= 0.3 is 5.97 Å². The first-order valence-corrected chi connectivity index (χ1v) is 7.27. The molecule has 6 heteroatoms. The first kappa shape index (κ1) is 18.0. The number of ether oxygens (including phenoxy) is 1. The molecule has 0 aliphatic rings. The van der Waals surface area contributed by atoms with Crippen LogP contribution in [0.4, 0.5) is 5.69 Å². The van der Waals surface area contributed by atoms with E-state index in [0.717, 1.165) is 0 Å². The van der Waals surface area contributed by atoms with Gasteiger partial charge in [-0.05, 0) is 32.4 Å². The van der Waals surface area contributed by atoms with Gasteiger partial charge in [0.25, 0.3) is 0 Å². The zero-order chi connectivity index (χ0) is 16.7. The molecule has 5 nitrogen and oxygen atoms in total. The highest BCUT2D eigenvalue weighted by Gasteiger charge is 2.18. The van der Waals surface area contributed by atoms with E-state index in [1.54, 1.807) is 12.1 Å². The summed E-state index contributed by atoms with van der Waals surface area (Å²) >= 11 is 6.14. The summed E-state index contributed by atoms with van der Waals surface area (Å²) in [6.45, 7) is 4.83. The maximum Gasteiger partial charge on any atom is 0.339 e. The van der Waals surface area contributed by atoms with E-state index in [0.29, 0.717) is 18.7 Å². The van der Waals surface area contributed by atoms with Crippen LogP contribution in [0.25, 0.3) is 0 Å². The summed E-state index contributed by atoms with van der Waals surface area (Å²) in [5, 5.41) is 0.130. The zero-order valence-electron chi connectivity index (χ0n) is 12.8. The molecule has 0 aliphatic carbocycles. The Morgan fingerprint density at radius 2 is 1.91 bits per heavy atom. The third kappa shape index (κ3) is 4.77. The number of hydrogen-bond donors (Lipinski definition) is 0. The zero-order valence-corrected chi connectivity index (χ0v) is 13.5. The largest absolute Gasteiger partial charge is 0.462 e. The van der Waals surface area contributed by atoms with Gasteiger partial charge in [0.2, 0.25) is 0 Å². The van der Waals surface area contributed by atoms with Gasteiger partial charge in [-0.2, -0.15) is 0 Å². The van der Waals surface area contributed by atoms with Gasteiger partial charge in [-0.1, -0.05) is 24.6 Å². The first-order chi connectivity index (χ1) is 10.4. The Balaban J connectivity index is 3.04. The Labute approximate surface area is 134 Å². The summed E-state index contributed by atoms with van der Waals surface area (Å²) in [4.78, 5) is 38.7. The molecule has 1 rings (SSSR count). The Bertz CT molecular complexity index is 596. The fourth-order valence-corrected chi connectivity index (χ4v) is 1.95. The predicted molar refractivity (Wildman–Crippen MR) is 85.0 cm³/mol. The molecular weight excluding hydrogens is 306 g/mol. The number of carbonyl (C=O) groups is 3. The van der Waals surface area contributed by atoms with Crippen molar-refractivity contribution in [1.29, 1.82) is 0 Å². The van der Waals surface area contributed by atoms with Crippen LogP contribution in [0.1, 0.15) is 37.6 Å². The highest BCUT2D eigenvalue weighted by Crippen LogP contribution is 2.29. The van der Waals surface area contributed by atoms with Gasteiger partial charge in [0.05, 0.1) is 22.9 Å². The summed E-state index contributed by atoms with van der Waals surface area (Å²) in [6, 6.07) is 4.73. The lowest BCUT2D eigenvalue weighted by molar-refractivity contribution is -0.127. The summed E-state index contributed by atoms with van der Waals surface area (Å²) in [5.74, 6) is -2.04. The van der Waals surface area contributed by atoms with Crippen molar-refractivity contribution in [1.82, 2.24) is 0 Å². The molecule has 1 aromatic rings. The predicted octanol–water partition coefficient (Wildman–Crippen LogP) is 3.40. The number of carbonyl (C=O) groups excluding carboxylic acids is 3. The van der Waals surface area contributed by atoms with Crippen molar-refractivity contribution < 1.29 is 19.1 Å². The molecule has 0 spiro atoms. The van der Waals surface area contributed by atoms with E-state index < -0.39 is 11.9 Å². The van der Waals surface area contributed by atoms with Crippen LogP contribution in [-0.2, 0) is 14.3 Å². The van der Waals surface area contributed by atoms with Crippen LogP contribution < -0.4 is 0 Å². The van der Waals surface area contributed by atoms with Gasteiger partial charge in [0.15, 0.2) is 0 Å². The van der Waals surface area contributed by atoms with Crippen LogP contribution in [0, 0.1) is 5.92 Å². The highest BCUT2D eigenvalue weighted by molar-refractivity contribution is 6.36. The summed E-state index contributed by atoms with van der Waals surface area (Å²) in [6.07, 6.45) is 1.95. The molecule has 0 atom stereocenters. The molecule has 0 aliphatic heterocycles. The molecule has 118 valence electrons. The number of halogens is 1. The number of ketones is 2. The Morgan fingerprint density at radius 3 is 2.45 bits per heavy atom. The minimum Gasteiger partial charge on any atom is -0.462 e. The van der Waals surface area contributed by atoms with Crippen LogP contribution >= 0.6 is 11.6 Å². The van der Waals surface area contributed by atoms with E-state index in [4.69, 9.17) is 16.3 Å². The number of nitrogens with zero attached hydrogens (tertiary/aromatic N) is 1. The standard InChI is InChI=1S/C16H18ClNO4/c1-4-8-22-16(21)12-6-5-7-14(15(12)17)18-9-13(10(2)19)11(3)20/h5-7,9,13H,4,8H2,1-3H3. The topological polar surface area (TPSA) is 72.8 Å². The lowest BCUT2D eigenvalue weighted by Gasteiger charge is -2.07. The summed E-state index contributed by atoms with van der Waals surface area (Å²) in [7, 11) is 0. The van der Waals surface area contributed by atoms with Crippen molar-refractivity contribution in [2.75, 3.05) is 6.61 Å². The molecule has 0 saturated carbocycles. The van der Waals surface area contributed by atoms with Crippen LogP contribution in [0.3, 0.4) is 0 Å². The normalized spacial score (nSPS) is 11.0. The molecule has 0 saturated heterocycles. The van der Waals surface area contributed by atoms with E-state index in [1.807, 2.05) is 6.92 Å². The van der Waals surface area contributed by atoms with Crippen LogP contribution in [0.5, 0.6) is 0 Å². The Morgan fingerprint density at radius 1 is 1.27 bits per heavy atom. The second kappa shape index (κ2) is 8.44. The number of benzene rings is 1. The lowest BCUT2D eigenvalue weighted by atomic mass is 10.0. The van der Waals surface area contributed by atoms with Crippen molar-refractivity contribution in [3.05, 3.63) is 28.8 Å². The number of hydrogen-bond acceptors (Lipinski definition) is 5. The molecular formula is C16H18ClNO4. The molecule has 0 N–H and O–H groups in total. The molecule has 22 heavy (non-hydrogen) atoms. The molecule has 0 fully saturated rings. The molecule has 0 unspecified atom stereocenters. The highest BCUT2D eigenvalue weighted by atomic mass is 35.5. The van der Waals surface area contributed by atoms with E-state index in [9.17, 15) is 14.4 Å². The molecule has 0 radical (unpaired) electrons. The second-order valence-corrected chi connectivity index (χ2v) is 5.13. The van der Waals surface area contributed by atoms with Gasteiger partial charge in [-0.15, -0.1) is 0 Å². The van der Waals surface area contributed by atoms with Gasteiger partial charge < -0.3 is 4.74 Å². The lowest BCUT2D eigenvalue weighted by Crippen LogP contribution is -2.20. The molecule has 0 amide bonds. The average Bonchev–Trinajstić information content (AvgIpc) is 2.45. The van der Waals surface area contributed by atoms with Crippen LogP contribution in [0.15, 0.2) is 23.2 Å². The maximum atomic E-state index is 11.9. The van der Waals surface area contributed by atoms with Crippen LogP contribution in [-0.4, -0.2) is 30.4 Å². The first-order valence-electron chi connectivity index (χ1n) is 6.89. The second-order valence-electron chi connectivity index (χ2n) is 4.75. The molecule has 0 heterocycles. The minimum atomic E-state index is -0.910. The molecule has 0 bridgehead atoms. The van der Waals surface area contributed by atoms with E-state index in [1.165, 1.54) is 26.1 Å². The van der Waals surface area contributed by atoms with Crippen molar-refractivity contribution in [2.24, 2.45) is 10.9 Å². The fraction of sp³-hybridized carbons (Fsp3) is 0.375. The average molecular weight is 324 g/mol. The van der Waals surface area contributed by atoms with Gasteiger partial charge in [-0.3, -0.25) is 14.6 Å². The van der Waals surface area contributed by atoms with Gasteiger partial charge in [-0.25, -0.2) is 4.79 Å². The van der Waals surface area contributed by atoms with Crippen molar-refractivity contribution in [2.45, 2.75) is 27.2 Å². The number of esters is 1. The third-order valence-corrected chi connectivity index (χ3v) is 3.27. The summed E-state index contributed by atoms with van der Waals surface area (Å²) < 4.78 is 5.03. The smallest absolute Gasteiger partial charge is 0.339 e. The SMILES string of the molecule is CCCOC(=O)c1cccc(N=CC(C(C)=O)C(C)=O)c1Cl. The monoisotopic (exact) mass is 323 g/mol. The number of rotatable bonds is 7. The van der Waals surface area contributed by atoms with E-state index >= 15 is 0 Å². The quantitative estimate of drug-likeness (QED) is 0.438. The molecule has 1 aromatic carbocycles. The summed E-state index contributed by atoms with van der Waals surface area (Å²) in [5.41, 5.74) is 0.507. The Hall–Kier alpha value is -2.01. The third-order valence-electron chi connectivity index (χ3n) is 2.87.